The van der Waals surface area contributed by atoms with Crippen LogP contribution in [0.4, 0.5) is 5.69 Å². The van der Waals surface area contributed by atoms with E-state index in [4.69, 9.17) is 12.2 Å². The number of rotatable bonds is 1. The topological polar surface area (TPSA) is 6.48 Å². The minimum Gasteiger partial charge on any atom is -0.343 e. The molecule has 1 aromatic rings. The Morgan fingerprint density at radius 2 is 1.80 bits per heavy atom. The summed E-state index contributed by atoms with van der Waals surface area (Å²) in [6.07, 6.45) is 0. The molecule has 0 spiro atoms. The van der Waals surface area contributed by atoms with E-state index in [1.807, 2.05) is 24.9 Å². The van der Waals surface area contributed by atoms with Crippen LogP contribution in [-0.4, -0.2) is 16.9 Å². The molecule has 2 rings (SSSR count). The van der Waals surface area contributed by atoms with E-state index in [9.17, 15) is 0 Å². The van der Waals surface area contributed by atoms with Gasteiger partial charge in [0.1, 0.15) is 4.99 Å². The van der Waals surface area contributed by atoms with Gasteiger partial charge in [0.2, 0.25) is 0 Å². The van der Waals surface area contributed by atoms with Crippen molar-refractivity contribution in [2.45, 2.75) is 27.7 Å². The predicted octanol–water partition coefficient (Wildman–Crippen LogP) is 3.95. The zero-order valence-electron chi connectivity index (χ0n) is 12.6. The fourth-order valence-electron chi connectivity index (χ4n) is 2.26. The normalized spacial score (nSPS) is 15.7. The Kier molecular flexibility index (Phi) is 5.34. The maximum absolute atomic E-state index is 5.60. The van der Waals surface area contributed by atoms with Crippen LogP contribution in [-0.2, 0) is 21.1 Å². The van der Waals surface area contributed by atoms with Gasteiger partial charge in [0, 0.05) is 39.4 Å². The second-order valence-electron chi connectivity index (χ2n) is 5.01. The summed E-state index contributed by atoms with van der Waals surface area (Å²) in [4.78, 5) is 4.92. The van der Waals surface area contributed by atoms with E-state index in [-0.39, 0.29) is 21.1 Å². The number of hydrogen-bond donors (Lipinski definition) is 0. The van der Waals surface area contributed by atoms with Crippen molar-refractivity contribution in [3.05, 3.63) is 53.0 Å². The molecule has 1 heterocycles. The molecule has 20 heavy (non-hydrogen) atoms. The van der Waals surface area contributed by atoms with E-state index >= 15 is 0 Å². The van der Waals surface area contributed by atoms with Gasteiger partial charge in [0.05, 0.1) is 5.82 Å². The van der Waals surface area contributed by atoms with E-state index in [1.54, 1.807) is 0 Å². The molecule has 0 saturated carbocycles. The number of aryl methyl sites for hydroxylation is 2. The van der Waals surface area contributed by atoms with Crippen LogP contribution >= 0.6 is 12.2 Å². The van der Waals surface area contributed by atoms with Gasteiger partial charge in [-0.25, -0.2) is 0 Å². The van der Waals surface area contributed by atoms with Gasteiger partial charge >= 0.3 is 0 Å². The standard InChI is InChI=1S/C16H19N2S.W/c1-10-7-8-15(11(2)9-10)18-14(5)17(6)13(4)12(3)16(18)19;/h8-9H,5H2,1-4,6H3;/q-1;. The maximum Gasteiger partial charge on any atom is 0.105 e. The van der Waals surface area contributed by atoms with Crippen LogP contribution in [0.5, 0.6) is 0 Å². The Morgan fingerprint density at radius 1 is 1.20 bits per heavy atom. The van der Waals surface area contributed by atoms with Crippen LogP contribution in [0.2, 0.25) is 0 Å². The van der Waals surface area contributed by atoms with Crippen LogP contribution in [0.15, 0.2) is 35.8 Å². The first-order chi connectivity index (χ1) is 8.84. The van der Waals surface area contributed by atoms with Gasteiger partial charge in [-0.05, 0) is 13.8 Å². The summed E-state index contributed by atoms with van der Waals surface area (Å²) in [6, 6.07) is 7.35. The van der Waals surface area contributed by atoms with Crippen LogP contribution in [0, 0.1) is 19.9 Å². The maximum atomic E-state index is 5.60. The first-order valence-electron chi connectivity index (χ1n) is 6.28. The van der Waals surface area contributed by atoms with Crippen LogP contribution < -0.4 is 4.90 Å². The van der Waals surface area contributed by atoms with Crippen molar-refractivity contribution >= 4 is 22.9 Å². The third kappa shape index (κ3) is 2.75. The largest absolute Gasteiger partial charge is 0.343 e. The SMILES string of the molecule is C=C1N(C)C(C)=C(C)C(=S)N1c1c[c-]c(C)cc1C.[W]. The van der Waals surface area contributed by atoms with Crippen LogP contribution in [0.1, 0.15) is 25.0 Å². The first-order valence-corrected chi connectivity index (χ1v) is 6.69. The van der Waals surface area contributed by atoms with Crippen LogP contribution in [0.25, 0.3) is 0 Å². The van der Waals surface area contributed by atoms with Gasteiger partial charge < -0.3 is 9.80 Å². The molecule has 1 aliphatic rings. The summed E-state index contributed by atoms with van der Waals surface area (Å²) in [5, 5.41) is 0. The zero-order valence-corrected chi connectivity index (χ0v) is 16.3. The third-order valence-electron chi connectivity index (χ3n) is 3.73. The summed E-state index contributed by atoms with van der Waals surface area (Å²) in [7, 11) is 2.02. The van der Waals surface area contributed by atoms with Gasteiger partial charge in [-0.2, -0.15) is 23.8 Å². The molecule has 1 aromatic carbocycles. The molecule has 0 N–H and O–H groups in total. The second kappa shape index (κ2) is 6.24. The first kappa shape index (κ1) is 17.1. The summed E-state index contributed by atoms with van der Waals surface area (Å²) in [6.45, 7) is 12.4. The fourth-order valence-corrected chi connectivity index (χ4v) is 2.61. The summed E-state index contributed by atoms with van der Waals surface area (Å²) in [5.74, 6) is 0.883. The third-order valence-corrected chi connectivity index (χ3v) is 4.22. The van der Waals surface area contributed by atoms with Crippen molar-refractivity contribution in [3.8, 4) is 0 Å². The van der Waals surface area contributed by atoms with E-state index in [1.165, 1.54) is 5.56 Å². The molecule has 0 amide bonds. The van der Waals surface area contributed by atoms with Crippen LogP contribution in [0.3, 0.4) is 0 Å². The zero-order chi connectivity index (χ0) is 14.3. The molecule has 0 fully saturated rings. The molecule has 2 nitrogen and oxygen atoms in total. The van der Waals surface area contributed by atoms with Gasteiger partial charge in [-0.1, -0.05) is 38.3 Å². The second-order valence-corrected chi connectivity index (χ2v) is 5.40. The van der Waals surface area contributed by atoms with Crippen molar-refractivity contribution < 1.29 is 21.1 Å². The van der Waals surface area contributed by atoms with E-state index < -0.39 is 0 Å². The molecule has 0 bridgehead atoms. The molecule has 0 saturated heterocycles. The Balaban J connectivity index is 0.00000200. The molecule has 1 aliphatic heterocycles. The average Bonchev–Trinajstić information content (AvgIpc) is 2.37. The Hall–Kier alpha value is -0.922. The summed E-state index contributed by atoms with van der Waals surface area (Å²) < 4.78 is 0. The van der Waals surface area contributed by atoms with Gasteiger partial charge in [0.15, 0.2) is 0 Å². The number of allylic oxidation sites excluding steroid dienone is 1. The van der Waals surface area contributed by atoms with Gasteiger partial charge in [-0.3, -0.25) is 0 Å². The molecule has 0 atom stereocenters. The Labute approximate surface area is 141 Å². The van der Waals surface area contributed by atoms with Crippen molar-refractivity contribution in [1.82, 2.24) is 4.90 Å². The van der Waals surface area contributed by atoms with Crippen molar-refractivity contribution in [2.24, 2.45) is 0 Å². The molecular formula is C16H19N2SW-. The Bertz CT molecular complexity index is 604. The molecule has 106 valence electrons. The van der Waals surface area contributed by atoms with E-state index in [0.29, 0.717) is 0 Å². The number of nitrogens with zero attached hydrogens (tertiary/aromatic N) is 2. The quantitative estimate of drug-likeness (QED) is 0.468. The molecule has 0 radical (unpaired) electrons. The average molecular weight is 455 g/mol. The predicted molar refractivity (Wildman–Crippen MR) is 85.1 cm³/mol. The molecule has 0 unspecified atom stereocenters. The Morgan fingerprint density at radius 3 is 2.35 bits per heavy atom. The van der Waals surface area contributed by atoms with Gasteiger partial charge in [-0.15, -0.1) is 5.56 Å². The molecule has 4 heteroatoms. The molecular weight excluding hydrogens is 436 g/mol. The monoisotopic (exact) mass is 455 g/mol. The molecule has 0 aliphatic carbocycles. The number of benzene rings is 1. The minimum absolute atomic E-state index is 0. The van der Waals surface area contributed by atoms with Crippen molar-refractivity contribution in [1.29, 1.82) is 0 Å². The van der Waals surface area contributed by atoms with Gasteiger partial charge in [0.25, 0.3) is 0 Å². The number of hydrogen-bond acceptors (Lipinski definition) is 2. The summed E-state index contributed by atoms with van der Waals surface area (Å²) >= 11 is 5.60. The fraction of sp³-hybridized carbons (Fsp3) is 0.312. The summed E-state index contributed by atoms with van der Waals surface area (Å²) in [5.41, 5.74) is 5.64. The number of anilines is 1. The molecule has 0 aromatic heterocycles. The van der Waals surface area contributed by atoms with E-state index in [0.717, 1.165) is 33.3 Å². The minimum atomic E-state index is 0. The smallest absolute Gasteiger partial charge is 0.105 e. The van der Waals surface area contributed by atoms with Crippen molar-refractivity contribution in [2.75, 3.05) is 11.9 Å². The number of thiocarbonyl (C=S) groups is 1. The van der Waals surface area contributed by atoms with Crippen molar-refractivity contribution in [3.63, 3.8) is 0 Å². The van der Waals surface area contributed by atoms with E-state index in [2.05, 4.69) is 44.4 Å².